The van der Waals surface area contributed by atoms with Gasteiger partial charge in [0.25, 0.3) is 0 Å². The van der Waals surface area contributed by atoms with E-state index in [1.54, 1.807) is 4.90 Å². The predicted octanol–water partition coefficient (Wildman–Crippen LogP) is -0.476. The highest BCUT2D eigenvalue weighted by atomic mass is 16.3. The number of β-amino-alcohol motifs (C(OH)–C–C–N with tert-alkyl or cyclic N) is 1. The van der Waals surface area contributed by atoms with Gasteiger partial charge in [0.15, 0.2) is 0 Å². The fraction of sp³-hybridized carbons (Fsp3) is 0.857. The zero-order valence-electron chi connectivity index (χ0n) is 12.3. The number of aliphatic hydroxyl groups excluding tert-OH is 1. The molecule has 0 aromatic heterocycles. The molecule has 0 aromatic rings. The van der Waals surface area contributed by atoms with E-state index in [9.17, 15) is 14.7 Å². The van der Waals surface area contributed by atoms with Crippen molar-refractivity contribution in [3.8, 4) is 0 Å². The molecule has 6 heteroatoms. The molecule has 2 heterocycles. The van der Waals surface area contributed by atoms with Crippen LogP contribution in [-0.2, 0) is 9.59 Å². The number of rotatable bonds is 5. The van der Waals surface area contributed by atoms with Crippen molar-refractivity contribution in [3.05, 3.63) is 0 Å². The molecule has 0 bridgehead atoms. The van der Waals surface area contributed by atoms with Crippen molar-refractivity contribution in [2.75, 3.05) is 45.8 Å². The van der Waals surface area contributed by atoms with E-state index in [4.69, 9.17) is 0 Å². The van der Waals surface area contributed by atoms with Crippen LogP contribution in [0.1, 0.15) is 26.2 Å². The standard InChI is InChI=1S/C14H25N3O3/c1-2-12(18)10-15-6-8-16(9-7-15)14(20)11-17-5-3-4-13(17)19/h12,18H,2-11H2,1H3. The minimum atomic E-state index is -0.278. The van der Waals surface area contributed by atoms with Gasteiger partial charge in [-0.25, -0.2) is 0 Å². The minimum absolute atomic E-state index is 0.0518. The molecule has 1 unspecified atom stereocenters. The second-order valence-electron chi connectivity index (χ2n) is 5.66. The van der Waals surface area contributed by atoms with E-state index >= 15 is 0 Å². The fourth-order valence-corrected chi connectivity index (χ4v) is 2.74. The molecular formula is C14H25N3O3. The van der Waals surface area contributed by atoms with Crippen LogP contribution in [0.4, 0.5) is 0 Å². The molecule has 0 saturated carbocycles. The van der Waals surface area contributed by atoms with Crippen LogP contribution in [-0.4, -0.2) is 83.5 Å². The van der Waals surface area contributed by atoms with E-state index in [1.165, 1.54) is 0 Å². The molecule has 6 nitrogen and oxygen atoms in total. The molecule has 2 aliphatic rings. The van der Waals surface area contributed by atoms with Crippen molar-refractivity contribution >= 4 is 11.8 Å². The van der Waals surface area contributed by atoms with Gasteiger partial charge in [0.1, 0.15) is 0 Å². The Balaban J connectivity index is 1.73. The Labute approximate surface area is 120 Å². The van der Waals surface area contributed by atoms with Gasteiger partial charge in [0.05, 0.1) is 12.6 Å². The summed E-state index contributed by atoms with van der Waals surface area (Å²) in [7, 11) is 0. The maximum atomic E-state index is 12.1. The molecule has 0 radical (unpaired) electrons. The lowest BCUT2D eigenvalue weighted by molar-refractivity contribution is -0.139. The van der Waals surface area contributed by atoms with Crippen LogP contribution in [0, 0.1) is 0 Å². The molecule has 2 aliphatic heterocycles. The van der Waals surface area contributed by atoms with E-state index in [0.717, 1.165) is 25.9 Å². The highest BCUT2D eigenvalue weighted by molar-refractivity contribution is 5.85. The number of carbonyl (C=O) groups is 2. The Kier molecular flexibility index (Phi) is 5.37. The molecule has 2 fully saturated rings. The smallest absolute Gasteiger partial charge is 0.242 e. The normalized spacial score (nSPS) is 22.4. The number of nitrogens with zero attached hydrogens (tertiary/aromatic N) is 3. The monoisotopic (exact) mass is 283 g/mol. The van der Waals surface area contributed by atoms with Gasteiger partial charge in [-0.2, -0.15) is 0 Å². The SMILES string of the molecule is CCC(O)CN1CCN(C(=O)CN2CCCC2=O)CC1. The van der Waals surface area contributed by atoms with Crippen molar-refractivity contribution in [1.29, 1.82) is 0 Å². The lowest BCUT2D eigenvalue weighted by Crippen LogP contribution is -2.52. The van der Waals surface area contributed by atoms with Crippen LogP contribution in [0.5, 0.6) is 0 Å². The Morgan fingerprint density at radius 1 is 1.25 bits per heavy atom. The molecule has 0 spiro atoms. The maximum Gasteiger partial charge on any atom is 0.242 e. The van der Waals surface area contributed by atoms with Crippen molar-refractivity contribution in [2.24, 2.45) is 0 Å². The first kappa shape index (κ1) is 15.3. The Morgan fingerprint density at radius 2 is 1.95 bits per heavy atom. The third-order valence-electron chi connectivity index (χ3n) is 4.16. The fourth-order valence-electron chi connectivity index (χ4n) is 2.74. The van der Waals surface area contributed by atoms with Crippen LogP contribution in [0.3, 0.4) is 0 Å². The summed E-state index contributed by atoms with van der Waals surface area (Å²) < 4.78 is 0. The van der Waals surface area contributed by atoms with Gasteiger partial charge in [-0.15, -0.1) is 0 Å². The van der Waals surface area contributed by atoms with E-state index in [0.29, 0.717) is 32.6 Å². The maximum absolute atomic E-state index is 12.1. The van der Waals surface area contributed by atoms with Crippen molar-refractivity contribution in [2.45, 2.75) is 32.3 Å². The molecule has 0 aliphatic carbocycles. The first-order valence-electron chi connectivity index (χ1n) is 7.56. The van der Waals surface area contributed by atoms with Crippen LogP contribution >= 0.6 is 0 Å². The van der Waals surface area contributed by atoms with Gasteiger partial charge in [0, 0.05) is 45.7 Å². The number of carbonyl (C=O) groups excluding carboxylic acids is 2. The number of hydrogen-bond acceptors (Lipinski definition) is 4. The van der Waals surface area contributed by atoms with Crippen molar-refractivity contribution < 1.29 is 14.7 Å². The highest BCUT2D eigenvalue weighted by Crippen LogP contribution is 2.11. The average Bonchev–Trinajstić information content (AvgIpc) is 2.85. The molecule has 2 amide bonds. The average molecular weight is 283 g/mol. The summed E-state index contributed by atoms with van der Waals surface area (Å²) in [5.41, 5.74) is 0. The molecule has 2 rings (SSSR count). The molecule has 1 N–H and O–H groups in total. The minimum Gasteiger partial charge on any atom is -0.392 e. The van der Waals surface area contributed by atoms with E-state index < -0.39 is 0 Å². The van der Waals surface area contributed by atoms with E-state index in [-0.39, 0.29) is 24.5 Å². The zero-order chi connectivity index (χ0) is 14.5. The molecular weight excluding hydrogens is 258 g/mol. The topological polar surface area (TPSA) is 64.1 Å². The third kappa shape index (κ3) is 3.93. The molecule has 0 aromatic carbocycles. The van der Waals surface area contributed by atoms with Crippen molar-refractivity contribution in [1.82, 2.24) is 14.7 Å². The van der Waals surface area contributed by atoms with Crippen molar-refractivity contribution in [3.63, 3.8) is 0 Å². The largest absolute Gasteiger partial charge is 0.392 e. The summed E-state index contributed by atoms with van der Waals surface area (Å²) in [6, 6.07) is 0. The van der Waals surface area contributed by atoms with Gasteiger partial charge in [-0.05, 0) is 12.8 Å². The number of piperazine rings is 1. The summed E-state index contributed by atoms with van der Waals surface area (Å²) >= 11 is 0. The Hall–Kier alpha value is -1.14. The van der Waals surface area contributed by atoms with Gasteiger partial charge in [-0.1, -0.05) is 6.92 Å². The van der Waals surface area contributed by atoms with Gasteiger partial charge >= 0.3 is 0 Å². The summed E-state index contributed by atoms with van der Waals surface area (Å²) in [6.45, 7) is 6.59. The highest BCUT2D eigenvalue weighted by Gasteiger charge is 2.27. The third-order valence-corrected chi connectivity index (χ3v) is 4.16. The molecule has 114 valence electrons. The number of hydrogen-bond donors (Lipinski definition) is 1. The second-order valence-corrected chi connectivity index (χ2v) is 5.66. The summed E-state index contributed by atoms with van der Waals surface area (Å²) in [6.07, 6.45) is 1.93. The first-order valence-corrected chi connectivity index (χ1v) is 7.56. The summed E-state index contributed by atoms with van der Waals surface area (Å²) in [5.74, 6) is 0.152. The lowest BCUT2D eigenvalue weighted by atomic mass is 10.2. The quantitative estimate of drug-likeness (QED) is 0.740. The molecule has 2 saturated heterocycles. The van der Waals surface area contributed by atoms with Gasteiger partial charge < -0.3 is 14.9 Å². The van der Waals surface area contributed by atoms with E-state index in [1.807, 2.05) is 11.8 Å². The Bertz CT molecular complexity index is 354. The second kappa shape index (κ2) is 7.04. The predicted molar refractivity (Wildman–Crippen MR) is 75.1 cm³/mol. The lowest BCUT2D eigenvalue weighted by Gasteiger charge is -2.36. The van der Waals surface area contributed by atoms with Gasteiger partial charge in [0.2, 0.25) is 11.8 Å². The summed E-state index contributed by atoms with van der Waals surface area (Å²) in [5, 5.41) is 9.64. The molecule has 20 heavy (non-hydrogen) atoms. The zero-order valence-corrected chi connectivity index (χ0v) is 12.3. The first-order chi connectivity index (χ1) is 9.60. The van der Waals surface area contributed by atoms with Gasteiger partial charge in [-0.3, -0.25) is 14.5 Å². The Morgan fingerprint density at radius 3 is 2.50 bits per heavy atom. The van der Waals surface area contributed by atoms with Crippen LogP contribution in [0.25, 0.3) is 0 Å². The molecule has 1 atom stereocenters. The number of likely N-dealkylation sites (tertiary alicyclic amines) is 1. The van der Waals surface area contributed by atoms with Crippen LogP contribution in [0.15, 0.2) is 0 Å². The summed E-state index contributed by atoms with van der Waals surface area (Å²) in [4.78, 5) is 29.4. The van der Waals surface area contributed by atoms with E-state index in [2.05, 4.69) is 4.90 Å². The number of amides is 2. The van der Waals surface area contributed by atoms with Crippen LogP contribution in [0.2, 0.25) is 0 Å². The number of aliphatic hydroxyl groups is 1. The van der Waals surface area contributed by atoms with Crippen LogP contribution < -0.4 is 0 Å².